The lowest BCUT2D eigenvalue weighted by molar-refractivity contribution is 0.112. The Balaban J connectivity index is 2.32. The molecule has 1 saturated heterocycles. The molecule has 14 heavy (non-hydrogen) atoms. The number of hydrogen-bond acceptors (Lipinski definition) is 2. The normalized spacial score (nSPS) is 20.4. The van der Waals surface area contributed by atoms with Gasteiger partial charge in [0.05, 0.1) is 16.5 Å². The molecule has 1 aromatic carbocycles. The zero-order chi connectivity index (χ0) is 10.1. The summed E-state index contributed by atoms with van der Waals surface area (Å²) in [5.74, 6) is 0.701. The average molecular weight is 230 g/mol. The predicted molar refractivity (Wildman–Crippen MR) is 57.2 cm³/mol. The number of carbonyl (C=O) groups excluding carboxylic acids is 1. The van der Waals surface area contributed by atoms with E-state index >= 15 is 0 Å². The molecule has 2 rings (SSSR count). The molecule has 0 spiro atoms. The molecule has 0 radical (unpaired) electrons. The van der Waals surface area contributed by atoms with Gasteiger partial charge in [0.15, 0.2) is 6.29 Å². The van der Waals surface area contributed by atoms with Crippen LogP contribution in [0.4, 0.5) is 5.69 Å². The highest BCUT2D eigenvalue weighted by Crippen LogP contribution is 2.26. The van der Waals surface area contributed by atoms with Gasteiger partial charge in [-0.25, -0.2) is 4.21 Å². The number of carbonyl (C=O) groups is 1. The van der Waals surface area contributed by atoms with Crippen molar-refractivity contribution in [1.29, 1.82) is 0 Å². The molecule has 0 aliphatic carbocycles. The molecule has 74 valence electrons. The Morgan fingerprint density at radius 3 is 2.71 bits per heavy atom. The van der Waals surface area contributed by atoms with Crippen LogP contribution in [0.25, 0.3) is 0 Å². The van der Waals surface area contributed by atoms with Crippen LogP contribution >= 0.6 is 11.6 Å². The SMILES string of the molecule is O=Cc1ccc(N2CCS2=O)cc1Cl. The minimum Gasteiger partial charge on any atom is -0.298 e. The summed E-state index contributed by atoms with van der Waals surface area (Å²) in [6, 6.07) is 5.06. The van der Waals surface area contributed by atoms with Crippen molar-refractivity contribution in [1.82, 2.24) is 0 Å². The first-order chi connectivity index (χ1) is 6.72. The third kappa shape index (κ3) is 1.55. The monoisotopic (exact) mass is 229 g/mol. The smallest absolute Gasteiger partial charge is 0.151 e. The van der Waals surface area contributed by atoms with Crippen molar-refractivity contribution in [2.24, 2.45) is 0 Å². The van der Waals surface area contributed by atoms with E-state index in [2.05, 4.69) is 0 Å². The van der Waals surface area contributed by atoms with Crippen LogP contribution in [-0.4, -0.2) is 22.8 Å². The Morgan fingerprint density at radius 1 is 1.50 bits per heavy atom. The fraction of sp³-hybridized carbons (Fsp3) is 0.222. The third-order valence-electron chi connectivity index (χ3n) is 2.11. The molecule has 0 N–H and O–H groups in total. The molecule has 0 aromatic heterocycles. The number of aldehydes is 1. The summed E-state index contributed by atoms with van der Waals surface area (Å²) in [5.41, 5.74) is 1.27. The van der Waals surface area contributed by atoms with Crippen molar-refractivity contribution in [3.05, 3.63) is 28.8 Å². The number of hydrogen-bond donors (Lipinski definition) is 0. The van der Waals surface area contributed by atoms with E-state index < -0.39 is 11.0 Å². The molecule has 1 fully saturated rings. The highest BCUT2D eigenvalue weighted by molar-refractivity contribution is 7.88. The van der Waals surface area contributed by atoms with Gasteiger partial charge in [-0.1, -0.05) is 11.6 Å². The Kier molecular flexibility index (Phi) is 2.56. The second kappa shape index (κ2) is 3.71. The first kappa shape index (κ1) is 9.68. The number of rotatable bonds is 2. The van der Waals surface area contributed by atoms with Crippen molar-refractivity contribution in [2.75, 3.05) is 16.6 Å². The largest absolute Gasteiger partial charge is 0.298 e. The highest BCUT2D eigenvalue weighted by Gasteiger charge is 2.23. The summed E-state index contributed by atoms with van der Waals surface area (Å²) >= 11 is 5.85. The fourth-order valence-electron chi connectivity index (χ4n) is 1.27. The predicted octanol–water partition coefficient (Wildman–Crippen LogP) is 1.64. The Bertz CT molecular complexity index is 408. The fourth-order valence-corrected chi connectivity index (χ4v) is 2.35. The Morgan fingerprint density at radius 2 is 2.29 bits per heavy atom. The van der Waals surface area contributed by atoms with E-state index in [1.54, 1.807) is 22.5 Å². The van der Waals surface area contributed by atoms with Crippen LogP contribution in [-0.2, 0) is 11.0 Å². The van der Waals surface area contributed by atoms with E-state index in [1.165, 1.54) is 0 Å². The lowest BCUT2D eigenvalue weighted by Gasteiger charge is -2.31. The minimum absolute atomic E-state index is 0.404. The lowest BCUT2D eigenvalue weighted by Crippen LogP contribution is -2.42. The minimum atomic E-state index is -0.911. The topological polar surface area (TPSA) is 37.4 Å². The van der Waals surface area contributed by atoms with Gasteiger partial charge in [0, 0.05) is 12.1 Å². The standard InChI is InChI=1S/C9H8ClNO2S/c10-9-5-8(2-1-7(9)6-12)11-3-4-14(11)13/h1-2,5-6H,3-4H2. The Labute approximate surface area is 89.3 Å². The van der Waals surface area contributed by atoms with Gasteiger partial charge in [-0.2, -0.15) is 0 Å². The summed E-state index contributed by atoms with van der Waals surface area (Å²) in [5, 5.41) is 0.404. The van der Waals surface area contributed by atoms with Gasteiger partial charge >= 0.3 is 0 Å². The molecular weight excluding hydrogens is 222 g/mol. The molecule has 0 amide bonds. The van der Waals surface area contributed by atoms with Crippen molar-refractivity contribution in [3.8, 4) is 0 Å². The maximum Gasteiger partial charge on any atom is 0.151 e. The molecule has 1 aliphatic heterocycles. The van der Waals surface area contributed by atoms with Gasteiger partial charge in [0.1, 0.15) is 11.0 Å². The Hall–Kier alpha value is -0.870. The molecule has 1 heterocycles. The first-order valence-corrected chi connectivity index (χ1v) is 5.78. The van der Waals surface area contributed by atoms with Crippen molar-refractivity contribution in [3.63, 3.8) is 0 Å². The first-order valence-electron chi connectivity index (χ1n) is 4.13. The number of anilines is 1. The van der Waals surface area contributed by atoms with Crippen LogP contribution in [0.2, 0.25) is 5.02 Å². The molecule has 5 heteroatoms. The van der Waals surface area contributed by atoms with Crippen molar-refractivity contribution >= 4 is 34.6 Å². The third-order valence-corrected chi connectivity index (χ3v) is 3.86. The molecule has 1 atom stereocenters. The van der Waals surface area contributed by atoms with Crippen LogP contribution in [0.3, 0.4) is 0 Å². The second-order valence-corrected chi connectivity index (χ2v) is 4.85. The van der Waals surface area contributed by atoms with Gasteiger partial charge < -0.3 is 0 Å². The van der Waals surface area contributed by atoms with Crippen LogP contribution in [0.15, 0.2) is 18.2 Å². The van der Waals surface area contributed by atoms with Crippen LogP contribution < -0.4 is 4.31 Å². The molecule has 0 bridgehead atoms. The summed E-state index contributed by atoms with van der Waals surface area (Å²) in [6.07, 6.45) is 0.708. The zero-order valence-electron chi connectivity index (χ0n) is 7.27. The molecule has 1 aliphatic rings. The number of benzene rings is 1. The summed E-state index contributed by atoms with van der Waals surface area (Å²) in [6.45, 7) is 0.781. The maximum atomic E-state index is 11.2. The van der Waals surface area contributed by atoms with Gasteiger partial charge in [0.25, 0.3) is 0 Å². The average Bonchev–Trinajstić information content (AvgIpc) is 2.16. The number of nitrogens with zero attached hydrogens (tertiary/aromatic N) is 1. The quantitative estimate of drug-likeness (QED) is 0.723. The van der Waals surface area contributed by atoms with Crippen LogP contribution in [0.5, 0.6) is 0 Å². The van der Waals surface area contributed by atoms with Gasteiger partial charge in [-0.05, 0) is 18.2 Å². The summed E-state index contributed by atoms with van der Waals surface area (Å²) in [7, 11) is -0.911. The van der Waals surface area contributed by atoms with Gasteiger partial charge in [-0.15, -0.1) is 0 Å². The lowest BCUT2D eigenvalue weighted by atomic mass is 10.2. The maximum absolute atomic E-state index is 11.2. The van der Waals surface area contributed by atoms with Gasteiger partial charge in [-0.3, -0.25) is 9.10 Å². The zero-order valence-corrected chi connectivity index (χ0v) is 8.85. The highest BCUT2D eigenvalue weighted by atomic mass is 35.5. The van der Waals surface area contributed by atoms with E-state index in [-0.39, 0.29) is 0 Å². The van der Waals surface area contributed by atoms with E-state index in [4.69, 9.17) is 11.6 Å². The molecule has 1 unspecified atom stereocenters. The van der Waals surface area contributed by atoms with E-state index in [0.717, 1.165) is 12.2 Å². The summed E-state index contributed by atoms with van der Waals surface area (Å²) in [4.78, 5) is 10.5. The van der Waals surface area contributed by atoms with Gasteiger partial charge in [0.2, 0.25) is 0 Å². The molecule has 0 saturated carbocycles. The van der Waals surface area contributed by atoms with E-state index in [9.17, 15) is 9.00 Å². The summed E-state index contributed by atoms with van der Waals surface area (Å²) < 4.78 is 13.0. The van der Waals surface area contributed by atoms with E-state index in [0.29, 0.717) is 22.6 Å². The number of halogens is 1. The molecular formula is C9H8ClNO2S. The van der Waals surface area contributed by atoms with E-state index in [1.807, 2.05) is 0 Å². The molecule has 1 aromatic rings. The van der Waals surface area contributed by atoms with Crippen LogP contribution in [0, 0.1) is 0 Å². The molecule has 3 nitrogen and oxygen atoms in total. The second-order valence-electron chi connectivity index (χ2n) is 2.95. The van der Waals surface area contributed by atoms with Crippen molar-refractivity contribution < 1.29 is 9.00 Å². The van der Waals surface area contributed by atoms with Crippen molar-refractivity contribution in [2.45, 2.75) is 0 Å². The van der Waals surface area contributed by atoms with Crippen LogP contribution in [0.1, 0.15) is 10.4 Å².